The largest absolute Gasteiger partial charge is 0.383 e. The van der Waals surface area contributed by atoms with E-state index in [9.17, 15) is 0 Å². The third-order valence-electron chi connectivity index (χ3n) is 3.01. The van der Waals surface area contributed by atoms with Gasteiger partial charge in [0.15, 0.2) is 0 Å². The van der Waals surface area contributed by atoms with Gasteiger partial charge in [0.05, 0.1) is 0 Å². The van der Waals surface area contributed by atoms with Gasteiger partial charge in [0, 0.05) is 30.9 Å². The summed E-state index contributed by atoms with van der Waals surface area (Å²) >= 11 is 0. The number of allylic oxidation sites excluding steroid dienone is 1. The van der Waals surface area contributed by atoms with Gasteiger partial charge in [-0.1, -0.05) is 13.0 Å². The van der Waals surface area contributed by atoms with Gasteiger partial charge in [-0.2, -0.15) is 0 Å². The van der Waals surface area contributed by atoms with Crippen molar-refractivity contribution in [2.75, 3.05) is 5.73 Å². The molecule has 0 atom stereocenters. The Kier molecular flexibility index (Phi) is 3.46. The van der Waals surface area contributed by atoms with Crippen molar-refractivity contribution in [3.63, 3.8) is 0 Å². The first-order chi connectivity index (χ1) is 8.69. The lowest BCUT2D eigenvalue weighted by molar-refractivity contribution is 0.757. The highest BCUT2D eigenvalue weighted by Gasteiger charge is 2.15. The molecule has 0 spiro atoms. The van der Waals surface area contributed by atoms with Crippen LogP contribution in [0.3, 0.4) is 0 Å². The molecule has 2 rings (SSSR count). The zero-order valence-corrected chi connectivity index (χ0v) is 10.8. The summed E-state index contributed by atoms with van der Waals surface area (Å²) in [4.78, 5) is 8.78. The molecule has 4 heteroatoms. The summed E-state index contributed by atoms with van der Waals surface area (Å²) in [7, 11) is 0. The van der Waals surface area contributed by atoms with Crippen molar-refractivity contribution in [2.24, 2.45) is 0 Å². The van der Waals surface area contributed by atoms with Crippen LogP contribution in [0.2, 0.25) is 0 Å². The molecule has 0 radical (unpaired) electrons. The fraction of sp³-hybridized carbons (Fsp3) is 0.286. The molecule has 0 unspecified atom stereocenters. The predicted molar refractivity (Wildman–Crippen MR) is 74.2 cm³/mol. The first-order valence-corrected chi connectivity index (χ1v) is 6.05. The van der Waals surface area contributed by atoms with Gasteiger partial charge in [-0.25, -0.2) is 4.98 Å². The van der Waals surface area contributed by atoms with Gasteiger partial charge in [-0.15, -0.1) is 6.58 Å². The van der Waals surface area contributed by atoms with Gasteiger partial charge < -0.3 is 10.3 Å². The van der Waals surface area contributed by atoms with Crippen LogP contribution in [0.25, 0.3) is 11.3 Å². The molecule has 0 saturated heterocycles. The molecule has 0 aliphatic rings. The summed E-state index contributed by atoms with van der Waals surface area (Å²) in [5, 5.41) is 0. The van der Waals surface area contributed by atoms with E-state index >= 15 is 0 Å². The molecule has 0 fully saturated rings. The minimum absolute atomic E-state index is 0.682. The maximum Gasteiger partial charge on any atom is 0.132 e. The van der Waals surface area contributed by atoms with E-state index in [1.54, 1.807) is 6.20 Å². The minimum Gasteiger partial charge on any atom is -0.383 e. The molecule has 0 aliphatic carbocycles. The number of nitrogens with zero attached hydrogens (tertiary/aromatic N) is 3. The van der Waals surface area contributed by atoms with Crippen LogP contribution >= 0.6 is 0 Å². The Bertz CT molecular complexity index is 569. The standard InChI is InChI=1S/C14H18N4/c1-4-8-18-12(5-2)17-13(14(18)15)11-9-16-7-6-10(11)3/h4,6-7,9H,1,5,8,15H2,2-3H3. The van der Waals surface area contributed by atoms with Crippen LogP contribution in [0.15, 0.2) is 31.1 Å². The lowest BCUT2D eigenvalue weighted by Crippen LogP contribution is -2.05. The number of nitrogens with two attached hydrogens (primary N) is 1. The molecule has 0 amide bonds. The van der Waals surface area contributed by atoms with Gasteiger partial charge in [-0.05, 0) is 18.6 Å². The van der Waals surface area contributed by atoms with Crippen LogP contribution in [0.5, 0.6) is 0 Å². The highest BCUT2D eigenvalue weighted by molar-refractivity contribution is 5.73. The zero-order valence-electron chi connectivity index (χ0n) is 10.8. The van der Waals surface area contributed by atoms with Crippen LogP contribution in [0.4, 0.5) is 5.82 Å². The second kappa shape index (κ2) is 5.04. The Morgan fingerprint density at radius 1 is 1.50 bits per heavy atom. The molecule has 4 nitrogen and oxygen atoms in total. The molecule has 0 saturated carbocycles. The lowest BCUT2D eigenvalue weighted by atomic mass is 10.1. The van der Waals surface area contributed by atoms with Crippen LogP contribution in [-0.2, 0) is 13.0 Å². The second-order valence-electron chi connectivity index (χ2n) is 4.21. The molecular formula is C14H18N4. The Hall–Kier alpha value is -2.10. The van der Waals surface area contributed by atoms with E-state index in [1.165, 1.54) is 0 Å². The summed E-state index contributed by atoms with van der Waals surface area (Å²) in [6.45, 7) is 8.54. The number of imidazole rings is 1. The van der Waals surface area contributed by atoms with Crippen LogP contribution in [0.1, 0.15) is 18.3 Å². The lowest BCUT2D eigenvalue weighted by Gasteiger charge is -2.06. The van der Waals surface area contributed by atoms with Crippen molar-refractivity contribution in [3.8, 4) is 11.3 Å². The molecule has 0 aromatic carbocycles. The van der Waals surface area contributed by atoms with E-state index in [-0.39, 0.29) is 0 Å². The molecule has 2 N–H and O–H groups in total. The average molecular weight is 242 g/mol. The molecule has 0 aliphatic heterocycles. The summed E-state index contributed by atoms with van der Waals surface area (Å²) in [6.07, 6.45) is 6.26. The predicted octanol–water partition coefficient (Wildman–Crippen LogP) is 2.58. The molecule has 94 valence electrons. The summed E-state index contributed by atoms with van der Waals surface area (Å²) in [5.74, 6) is 1.66. The number of aryl methyl sites for hydroxylation is 2. The second-order valence-corrected chi connectivity index (χ2v) is 4.21. The Labute approximate surface area is 107 Å². The van der Waals surface area contributed by atoms with Crippen molar-refractivity contribution in [2.45, 2.75) is 26.8 Å². The number of rotatable bonds is 4. The molecule has 0 bridgehead atoms. The molecule has 18 heavy (non-hydrogen) atoms. The minimum atomic E-state index is 0.682. The molecule has 2 heterocycles. The maximum absolute atomic E-state index is 6.19. The van der Waals surface area contributed by atoms with Crippen molar-refractivity contribution in [3.05, 3.63) is 42.5 Å². The molecule has 2 aromatic rings. The quantitative estimate of drug-likeness (QED) is 0.838. The number of pyridine rings is 1. The van der Waals surface area contributed by atoms with E-state index in [1.807, 2.05) is 29.8 Å². The van der Waals surface area contributed by atoms with Crippen molar-refractivity contribution in [1.82, 2.24) is 14.5 Å². The number of hydrogen-bond acceptors (Lipinski definition) is 3. The fourth-order valence-electron chi connectivity index (χ4n) is 2.03. The average Bonchev–Trinajstić information content (AvgIpc) is 2.68. The number of nitrogen functional groups attached to an aromatic ring is 1. The third kappa shape index (κ3) is 2.01. The third-order valence-corrected chi connectivity index (χ3v) is 3.01. The number of aromatic nitrogens is 3. The number of hydrogen-bond donors (Lipinski definition) is 1. The fourth-order valence-corrected chi connectivity index (χ4v) is 2.03. The normalized spacial score (nSPS) is 10.6. The van der Waals surface area contributed by atoms with E-state index in [2.05, 4.69) is 23.5 Å². The van der Waals surface area contributed by atoms with E-state index < -0.39 is 0 Å². The topological polar surface area (TPSA) is 56.7 Å². The molecular weight excluding hydrogens is 224 g/mol. The van der Waals surface area contributed by atoms with Crippen LogP contribution in [0, 0.1) is 6.92 Å². The van der Waals surface area contributed by atoms with Crippen LogP contribution in [-0.4, -0.2) is 14.5 Å². The smallest absolute Gasteiger partial charge is 0.132 e. The SMILES string of the molecule is C=CCn1c(CC)nc(-c2cnccc2C)c1N. The first kappa shape index (κ1) is 12.4. The molecule has 2 aromatic heterocycles. The van der Waals surface area contributed by atoms with E-state index in [0.29, 0.717) is 12.4 Å². The van der Waals surface area contributed by atoms with Crippen LogP contribution < -0.4 is 5.73 Å². The van der Waals surface area contributed by atoms with Gasteiger partial charge in [0.2, 0.25) is 0 Å². The summed E-state index contributed by atoms with van der Waals surface area (Å²) in [5.41, 5.74) is 9.13. The highest BCUT2D eigenvalue weighted by Crippen LogP contribution is 2.28. The maximum atomic E-state index is 6.19. The zero-order chi connectivity index (χ0) is 13.1. The Balaban J connectivity index is 2.59. The summed E-state index contributed by atoms with van der Waals surface area (Å²) in [6, 6.07) is 1.97. The van der Waals surface area contributed by atoms with Gasteiger partial charge in [-0.3, -0.25) is 4.98 Å². The van der Waals surface area contributed by atoms with E-state index in [4.69, 9.17) is 5.73 Å². The Morgan fingerprint density at radius 3 is 2.89 bits per heavy atom. The van der Waals surface area contributed by atoms with Crippen molar-refractivity contribution in [1.29, 1.82) is 0 Å². The number of anilines is 1. The van der Waals surface area contributed by atoms with Gasteiger partial charge in [0.25, 0.3) is 0 Å². The monoisotopic (exact) mass is 242 g/mol. The highest BCUT2D eigenvalue weighted by atomic mass is 15.1. The first-order valence-electron chi connectivity index (χ1n) is 6.05. The van der Waals surface area contributed by atoms with Crippen molar-refractivity contribution < 1.29 is 0 Å². The Morgan fingerprint density at radius 2 is 2.28 bits per heavy atom. The van der Waals surface area contributed by atoms with Gasteiger partial charge in [0.1, 0.15) is 17.3 Å². The van der Waals surface area contributed by atoms with Gasteiger partial charge >= 0.3 is 0 Å². The summed E-state index contributed by atoms with van der Waals surface area (Å²) < 4.78 is 1.99. The van der Waals surface area contributed by atoms with E-state index in [0.717, 1.165) is 29.1 Å². The van der Waals surface area contributed by atoms with Crippen molar-refractivity contribution >= 4 is 5.82 Å².